The van der Waals surface area contributed by atoms with Crippen LogP contribution in [0.15, 0.2) is 27.4 Å². The Bertz CT molecular complexity index is 994. The highest BCUT2D eigenvalue weighted by atomic mass is 16.7. The fourth-order valence-electron chi connectivity index (χ4n) is 4.15. The van der Waals surface area contributed by atoms with Gasteiger partial charge in [-0.3, -0.25) is 0 Å². The third kappa shape index (κ3) is 4.41. The first-order valence-electron chi connectivity index (χ1n) is 10.7. The molecule has 2 aliphatic rings. The van der Waals surface area contributed by atoms with Crippen LogP contribution in [-0.2, 0) is 4.74 Å². The minimum atomic E-state index is -1.58. The van der Waals surface area contributed by atoms with E-state index in [1.807, 2.05) is 0 Å². The van der Waals surface area contributed by atoms with E-state index in [0.717, 1.165) is 25.7 Å². The van der Waals surface area contributed by atoms with E-state index in [2.05, 4.69) is 6.92 Å². The number of ether oxygens (including phenoxy) is 3. The van der Waals surface area contributed by atoms with Crippen molar-refractivity contribution in [2.45, 2.75) is 69.4 Å². The van der Waals surface area contributed by atoms with E-state index in [4.69, 9.17) is 18.6 Å². The average molecular weight is 452 g/mol. The van der Waals surface area contributed by atoms with Crippen molar-refractivity contribution in [3.63, 3.8) is 0 Å². The van der Waals surface area contributed by atoms with Gasteiger partial charge in [0.05, 0.1) is 18.1 Å². The molecular weight excluding hydrogens is 424 g/mol. The van der Waals surface area contributed by atoms with Crippen LogP contribution in [-0.4, -0.2) is 68.9 Å². The van der Waals surface area contributed by atoms with Crippen LogP contribution in [0.4, 0.5) is 0 Å². The third-order valence-electron chi connectivity index (χ3n) is 6.16. The lowest BCUT2D eigenvalue weighted by Gasteiger charge is -2.39. The number of benzene rings is 1. The normalized spacial score (nSPS) is 33.2. The van der Waals surface area contributed by atoms with E-state index in [1.165, 1.54) is 18.2 Å². The zero-order chi connectivity index (χ0) is 23.0. The number of aromatic hydroxyl groups is 1. The molecular formula is C22H28O10. The molecule has 5 N–H and O–H groups in total. The van der Waals surface area contributed by atoms with Crippen LogP contribution in [0.2, 0.25) is 0 Å². The number of rotatable bonds is 5. The molecule has 10 heteroatoms. The summed E-state index contributed by atoms with van der Waals surface area (Å²) in [5.41, 5.74) is -0.865. The molecule has 176 valence electrons. The largest absolute Gasteiger partial charge is 0.499 e. The van der Waals surface area contributed by atoms with Gasteiger partial charge in [0.15, 0.2) is 5.75 Å². The van der Waals surface area contributed by atoms with E-state index in [0.29, 0.717) is 11.3 Å². The van der Waals surface area contributed by atoms with Crippen molar-refractivity contribution in [1.29, 1.82) is 0 Å². The summed E-state index contributed by atoms with van der Waals surface area (Å²) in [6.07, 6.45) is -3.64. The summed E-state index contributed by atoms with van der Waals surface area (Å²) in [5.74, 6) is 0.199. The van der Waals surface area contributed by atoms with Gasteiger partial charge in [0.1, 0.15) is 35.7 Å². The Morgan fingerprint density at radius 2 is 1.75 bits per heavy atom. The van der Waals surface area contributed by atoms with Gasteiger partial charge in [-0.25, -0.2) is 4.79 Å². The van der Waals surface area contributed by atoms with E-state index in [1.54, 1.807) is 0 Å². The van der Waals surface area contributed by atoms with Crippen molar-refractivity contribution in [2.24, 2.45) is 5.92 Å². The van der Waals surface area contributed by atoms with Gasteiger partial charge in [-0.2, -0.15) is 0 Å². The van der Waals surface area contributed by atoms with Crippen molar-refractivity contribution in [3.8, 4) is 17.2 Å². The summed E-state index contributed by atoms with van der Waals surface area (Å²) in [4.78, 5) is 12.2. The Hall–Kier alpha value is -2.37. The third-order valence-corrected chi connectivity index (χ3v) is 6.16. The summed E-state index contributed by atoms with van der Waals surface area (Å²) in [6.45, 7) is 1.59. The van der Waals surface area contributed by atoms with Crippen LogP contribution < -0.4 is 15.1 Å². The Morgan fingerprint density at radius 3 is 2.44 bits per heavy atom. The Morgan fingerprint density at radius 1 is 1.03 bits per heavy atom. The zero-order valence-corrected chi connectivity index (χ0v) is 17.6. The fourth-order valence-corrected chi connectivity index (χ4v) is 4.15. The van der Waals surface area contributed by atoms with Crippen molar-refractivity contribution in [1.82, 2.24) is 0 Å². The average Bonchev–Trinajstić information content (AvgIpc) is 2.78. The first-order valence-corrected chi connectivity index (χ1v) is 10.7. The molecule has 32 heavy (non-hydrogen) atoms. The smallest absolute Gasteiger partial charge is 0.382 e. The highest BCUT2D eigenvalue weighted by Crippen LogP contribution is 2.37. The van der Waals surface area contributed by atoms with Crippen LogP contribution >= 0.6 is 0 Å². The lowest BCUT2D eigenvalue weighted by molar-refractivity contribution is -0.277. The zero-order valence-electron chi connectivity index (χ0n) is 17.6. The molecule has 0 unspecified atom stereocenters. The molecule has 1 saturated heterocycles. The number of fused-ring (bicyclic) bond motifs is 1. The van der Waals surface area contributed by atoms with Gasteiger partial charge >= 0.3 is 5.63 Å². The molecule has 2 fully saturated rings. The molecule has 5 atom stereocenters. The maximum atomic E-state index is 12.2. The minimum Gasteiger partial charge on any atom is -0.499 e. The van der Waals surface area contributed by atoms with Gasteiger partial charge in [0.25, 0.3) is 0 Å². The molecule has 0 radical (unpaired) electrons. The van der Waals surface area contributed by atoms with Crippen LogP contribution in [0, 0.1) is 5.92 Å². The Balaban J connectivity index is 1.59. The van der Waals surface area contributed by atoms with Gasteiger partial charge in [-0.15, -0.1) is 0 Å². The second kappa shape index (κ2) is 9.24. The highest BCUT2D eigenvalue weighted by Gasteiger charge is 2.44. The fraction of sp³-hybridized carbons (Fsp3) is 0.591. The summed E-state index contributed by atoms with van der Waals surface area (Å²) in [7, 11) is 0. The van der Waals surface area contributed by atoms with Crippen LogP contribution in [0.25, 0.3) is 11.0 Å². The first kappa shape index (κ1) is 22.8. The maximum absolute atomic E-state index is 12.2. The summed E-state index contributed by atoms with van der Waals surface area (Å²) >= 11 is 0. The van der Waals surface area contributed by atoms with Crippen molar-refractivity contribution >= 4 is 11.0 Å². The molecule has 1 aromatic heterocycles. The summed E-state index contributed by atoms with van der Waals surface area (Å²) in [6, 6.07) is 4.41. The van der Waals surface area contributed by atoms with Gasteiger partial charge < -0.3 is 44.2 Å². The second-order valence-electron chi connectivity index (χ2n) is 8.54. The maximum Gasteiger partial charge on any atom is 0.382 e. The summed E-state index contributed by atoms with van der Waals surface area (Å²) in [5, 5.41) is 49.9. The SMILES string of the molecule is C[C@H]1CC[C@@H](Oc2c(O)c(=O)oc3cc(O[C@H]4O[C@H](CO)[C@@H](O)[C@H](O)[C@@H]4O)ccc23)CC1. The number of aliphatic hydroxyl groups excluding tert-OH is 4. The van der Waals surface area contributed by atoms with E-state index >= 15 is 0 Å². The predicted molar refractivity (Wildman–Crippen MR) is 111 cm³/mol. The number of hydrogen-bond donors (Lipinski definition) is 5. The molecule has 0 amide bonds. The van der Waals surface area contributed by atoms with Gasteiger partial charge in [0.2, 0.25) is 12.0 Å². The molecule has 1 aliphatic heterocycles. The van der Waals surface area contributed by atoms with Crippen LogP contribution in [0.3, 0.4) is 0 Å². The number of hydrogen-bond acceptors (Lipinski definition) is 10. The molecule has 2 heterocycles. The van der Waals surface area contributed by atoms with Gasteiger partial charge in [-0.1, -0.05) is 6.92 Å². The number of aliphatic hydroxyl groups is 4. The predicted octanol–water partition coefficient (Wildman–Crippen LogP) is 0.635. The van der Waals surface area contributed by atoms with Crippen LogP contribution in [0.5, 0.6) is 17.2 Å². The van der Waals surface area contributed by atoms with Crippen LogP contribution in [0.1, 0.15) is 32.6 Å². The van der Waals surface area contributed by atoms with E-state index in [9.17, 15) is 30.3 Å². The van der Waals surface area contributed by atoms with E-state index < -0.39 is 48.7 Å². The molecule has 2 aromatic rings. The monoisotopic (exact) mass is 452 g/mol. The molecule has 1 aliphatic carbocycles. The highest BCUT2D eigenvalue weighted by molar-refractivity contribution is 5.86. The molecule has 0 bridgehead atoms. The second-order valence-corrected chi connectivity index (χ2v) is 8.54. The van der Waals surface area contributed by atoms with Crippen molar-refractivity contribution in [2.75, 3.05) is 6.61 Å². The lowest BCUT2D eigenvalue weighted by Crippen LogP contribution is -2.60. The molecule has 1 aromatic carbocycles. The lowest BCUT2D eigenvalue weighted by atomic mass is 9.89. The standard InChI is InChI=1S/C22H28O10/c1-10-2-4-11(5-3-10)29-20-13-7-6-12(8-14(13)31-21(28)19(20)27)30-22-18(26)17(25)16(24)15(9-23)32-22/h6-8,10-11,15-18,22-27H,2-5,9H2,1H3/t10-,11+,15-,16-,17+,18+,22+/m1/s1. The van der Waals surface area contributed by atoms with Crippen molar-refractivity contribution < 1.29 is 44.2 Å². The summed E-state index contributed by atoms with van der Waals surface area (Å²) < 4.78 is 22.1. The minimum absolute atomic E-state index is 0.0511. The molecule has 0 spiro atoms. The van der Waals surface area contributed by atoms with Gasteiger partial charge in [-0.05, 0) is 43.7 Å². The quantitative estimate of drug-likeness (QED) is 0.407. The first-order chi connectivity index (χ1) is 15.3. The van der Waals surface area contributed by atoms with E-state index in [-0.39, 0.29) is 23.2 Å². The van der Waals surface area contributed by atoms with Crippen molar-refractivity contribution in [3.05, 3.63) is 28.6 Å². The molecule has 1 saturated carbocycles. The molecule has 10 nitrogen and oxygen atoms in total. The Labute approximate surface area is 183 Å². The Kier molecular flexibility index (Phi) is 6.59. The molecule has 4 rings (SSSR count). The topological polar surface area (TPSA) is 159 Å². The van der Waals surface area contributed by atoms with Gasteiger partial charge in [0, 0.05) is 6.07 Å².